The highest BCUT2D eigenvalue weighted by Gasteiger charge is 2.30. The number of carbonyl (C=O) groups excluding carboxylic acids is 1. The van der Waals surface area contributed by atoms with Crippen LogP contribution in [0.4, 0.5) is 11.4 Å². The molecule has 0 atom stereocenters. The van der Waals surface area contributed by atoms with Gasteiger partial charge in [0, 0.05) is 44.4 Å². The molecule has 1 aliphatic heterocycles. The number of carbonyl (C=O) groups is 1. The minimum atomic E-state index is -3.51. The van der Waals surface area contributed by atoms with Crippen molar-refractivity contribution < 1.29 is 18.1 Å². The molecule has 1 aromatic rings. The highest BCUT2D eigenvalue weighted by Crippen LogP contribution is 2.32. The van der Waals surface area contributed by atoms with E-state index in [2.05, 4.69) is 0 Å². The second kappa shape index (κ2) is 7.84. The Hall–Kier alpha value is -2.16. The van der Waals surface area contributed by atoms with E-state index in [4.69, 9.17) is 0 Å². The summed E-state index contributed by atoms with van der Waals surface area (Å²) in [6.45, 7) is 2.05. The number of anilines is 1. The second-order valence-corrected chi connectivity index (χ2v) is 9.34. The van der Waals surface area contributed by atoms with E-state index in [1.807, 2.05) is 9.80 Å². The van der Waals surface area contributed by atoms with Crippen LogP contribution in [0, 0.1) is 16.0 Å². The lowest BCUT2D eigenvalue weighted by molar-refractivity contribution is -0.384. The number of amides is 1. The minimum Gasteiger partial charge on any atom is -0.362 e. The Morgan fingerprint density at radius 2 is 1.74 bits per heavy atom. The molecule has 1 saturated carbocycles. The van der Waals surface area contributed by atoms with Gasteiger partial charge in [0.15, 0.2) is 9.84 Å². The molecule has 3 rings (SSSR count). The molecule has 0 aromatic heterocycles. The van der Waals surface area contributed by atoms with Gasteiger partial charge < -0.3 is 9.80 Å². The van der Waals surface area contributed by atoms with Crippen LogP contribution in [0.15, 0.2) is 23.1 Å². The third kappa shape index (κ3) is 4.40. The summed E-state index contributed by atoms with van der Waals surface area (Å²) < 4.78 is 23.4. The second-order valence-electron chi connectivity index (χ2n) is 7.33. The molecule has 1 aromatic carbocycles. The number of benzene rings is 1. The summed E-state index contributed by atoms with van der Waals surface area (Å²) in [5.74, 6) is 0.324. The average molecular weight is 395 g/mol. The Balaban J connectivity index is 1.72. The fourth-order valence-electron chi connectivity index (χ4n) is 3.92. The maximum Gasteiger partial charge on any atom is 0.293 e. The molecule has 1 heterocycles. The molecule has 148 valence electrons. The van der Waals surface area contributed by atoms with E-state index in [1.165, 1.54) is 18.6 Å². The van der Waals surface area contributed by atoms with E-state index in [9.17, 15) is 23.3 Å². The van der Waals surface area contributed by atoms with Crippen molar-refractivity contribution in [3.63, 3.8) is 0 Å². The van der Waals surface area contributed by atoms with Crippen LogP contribution in [0.5, 0.6) is 0 Å². The Kier molecular flexibility index (Phi) is 5.69. The summed E-state index contributed by atoms with van der Waals surface area (Å²) in [6.07, 6.45) is 6.35. The van der Waals surface area contributed by atoms with Gasteiger partial charge >= 0.3 is 0 Å². The highest BCUT2D eigenvalue weighted by molar-refractivity contribution is 7.90. The summed E-state index contributed by atoms with van der Waals surface area (Å²) >= 11 is 0. The van der Waals surface area contributed by atoms with Crippen LogP contribution in [0.1, 0.15) is 32.1 Å². The zero-order valence-corrected chi connectivity index (χ0v) is 16.3. The van der Waals surface area contributed by atoms with Crippen molar-refractivity contribution in [2.75, 3.05) is 37.3 Å². The maximum absolute atomic E-state index is 12.7. The fraction of sp³-hybridized carbons (Fsp3) is 0.611. The molecule has 2 aliphatic rings. The number of nitro benzene ring substituents is 1. The van der Waals surface area contributed by atoms with E-state index in [1.54, 1.807) is 0 Å². The van der Waals surface area contributed by atoms with Gasteiger partial charge in [0.05, 0.1) is 9.82 Å². The average Bonchev–Trinajstić information content (AvgIpc) is 2.67. The van der Waals surface area contributed by atoms with Crippen molar-refractivity contribution in [1.29, 1.82) is 0 Å². The van der Waals surface area contributed by atoms with Crippen LogP contribution in [-0.2, 0) is 14.6 Å². The first-order valence-corrected chi connectivity index (χ1v) is 11.2. The van der Waals surface area contributed by atoms with Crippen molar-refractivity contribution >= 4 is 27.1 Å². The molecule has 2 fully saturated rings. The SMILES string of the molecule is CS(=O)(=O)c1ccc(N2CCN(C(=O)C3CCCCC3)CC2)c([N+](=O)[O-])c1. The van der Waals surface area contributed by atoms with Crippen LogP contribution >= 0.6 is 0 Å². The topological polar surface area (TPSA) is 101 Å². The number of piperazine rings is 1. The molecule has 1 saturated heterocycles. The van der Waals surface area contributed by atoms with E-state index in [0.717, 1.165) is 38.0 Å². The van der Waals surface area contributed by atoms with Gasteiger partial charge in [-0.1, -0.05) is 19.3 Å². The number of nitrogens with zero attached hydrogens (tertiary/aromatic N) is 3. The van der Waals surface area contributed by atoms with Crippen LogP contribution in [0.3, 0.4) is 0 Å². The van der Waals surface area contributed by atoms with Crippen molar-refractivity contribution in [1.82, 2.24) is 4.90 Å². The van der Waals surface area contributed by atoms with Crippen LogP contribution in [-0.4, -0.2) is 56.6 Å². The third-order valence-electron chi connectivity index (χ3n) is 5.46. The molecule has 9 heteroatoms. The molecule has 0 radical (unpaired) electrons. The molecule has 1 amide bonds. The van der Waals surface area contributed by atoms with Crippen molar-refractivity contribution in [3.8, 4) is 0 Å². The van der Waals surface area contributed by atoms with E-state index >= 15 is 0 Å². The predicted octanol–water partition coefficient (Wildman–Crippen LogP) is 2.23. The Labute approximate surface area is 159 Å². The molecule has 0 N–H and O–H groups in total. The quantitative estimate of drug-likeness (QED) is 0.572. The third-order valence-corrected chi connectivity index (χ3v) is 6.57. The van der Waals surface area contributed by atoms with Gasteiger partial charge in [-0.05, 0) is 25.0 Å². The highest BCUT2D eigenvalue weighted by atomic mass is 32.2. The van der Waals surface area contributed by atoms with Crippen molar-refractivity contribution in [3.05, 3.63) is 28.3 Å². The fourth-order valence-corrected chi connectivity index (χ4v) is 4.56. The predicted molar refractivity (Wildman–Crippen MR) is 102 cm³/mol. The van der Waals surface area contributed by atoms with Crippen molar-refractivity contribution in [2.24, 2.45) is 5.92 Å². The Morgan fingerprint density at radius 3 is 2.30 bits per heavy atom. The van der Waals surface area contributed by atoms with E-state index in [-0.39, 0.29) is 22.4 Å². The van der Waals surface area contributed by atoms with E-state index < -0.39 is 14.8 Å². The molecule has 1 aliphatic carbocycles. The largest absolute Gasteiger partial charge is 0.362 e. The smallest absolute Gasteiger partial charge is 0.293 e. The minimum absolute atomic E-state index is 0.0657. The number of hydrogen-bond acceptors (Lipinski definition) is 6. The summed E-state index contributed by atoms with van der Waals surface area (Å²) in [4.78, 5) is 27.2. The number of nitro groups is 1. The summed E-state index contributed by atoms with van der Waals surface area (Å²) in [5, 5.41) is 11.4. The Morgan fingerprint density at radius 1 is 1.11 bits per heavy atom. The van der Waals surface area contributed by atoms with Gasteiger partial charge in [-0.3, -0.25) is 14.9 Å². The standard InChI is InChI=1S/C18H25N3O5S/c1-27(25,26)15-7-8-16(17(13-15)21(23)24)19-9-11-20(12-10-19)18(22)14-5-3-2-4-6-14/h7-8,13-14H,2-6,9-12H2,1H3. The lowest BCUT2D eigenvalue weighted by Crippen LogP contribution is -2.50. The summed E-state index contributed by atoms with van der Waals surface area (Å²) in [5.41, 5.74) is 0.183. The monoisotopic (exact) mass is 395 g/mol. The van der Waals surface area contributed by atoms with Gasteiger partial charge in [-0.2, -0.15) is 0 Å². The first-order chi connectivity index (χ1) is 12.8. The van der Waals surface area contributed by atoms with Crippen LogP contribution in [0.2, 0.25) is 0 Å². The first kappa shape index (κ1) is 19.6. The number of hydrogen-bond donors (Lipinski definition) is 0. The normalized spacial score (nSPS) is 19.1. The molecule has 27 heavy (non-hydrogen) atoms. The molecule has 0 bridgehead atoms. The lowest BCUT2D eigenvalue weighted by atomic mass is 9.88. The molecule has 8 nitrogen and oxygen atoms in total. The number of rotatable bonds is 4. The van der Waals surface area contributed by atoms with Gasteiger partial charge in [0.25, 0.3) is 5.69 Å². The van der Waals surface area contributed by atoms with Gasteiger partial charge in [0.1, 0.15) is 5.69 Å². The molecular formula is C18H25N3O5S. The van der Waals surface area contributed by atoms with Gasteiger partial charge in [-0.15, -0.1) is 0 Å². The van der Waals surface area contributed by atoms with Crippen molar-refractivity contribution in [2.45, 2.75) is 37.0 Å². The van der Waals surface area contributed by atoms with E-state index in [0.29, 0.717) is 31.9 Å². The molecule has 0 unspecified atom stereocenters. The Bertz CT molecular complexity index is 825. The molecular weight excluding hydrogens is 370 g/mol. The van der Waals surface area contributed by atoms with Crippen LogP contribution in [0.25, 0.3) is 0 Å². The van der Waals surface area contributed by atoms with Gasteiger partial charge in [-0.25, -0.2) is 8.42 Å². The summed E-state index contributed by atoms with van der Waals surface area (Å²) in [6, 6.07) is 4.01. The number of sulfone groups is 1. The van der Waals surface area contributed by atoms with Gasteiger partial charge in [0.2, 0.25) is 5.91 Å². The zero-order chi connectivity index (χ0) is 19.6. The molecule has 0 spiro atoms. The zero-order valence-electron chi connectivity index (χ0n) is 15.5. The lowest BCUT2D eigenvalue weighted by Gasteiger charge is -2.38. The van der Waals surface area contributed by atoms with Crippen LogP contribution < -0.4 is 4.90 Å². The first-order valence-electron chi connectivity index (χ1n) is 9.29. The maximum atomic E-state index is 12.7. The summed E-state index contributed by atoms with van der Waals surface area (Å²) in [7, 11) is -3.51.